The van der Waals surface area contributed by atoms with Crippen molar-refractivity contribution in [2.24, 2.45) is 0 Å². The van der Waals surface area contributed by atoms with Gasteiger partial charge in [0.2, 0.25) is 0 Å². The molecule has 0 bridgehead atoms. The molecule has 2 N–H and O–H groups in total. The lowest BCUT2D eigenvalue weighted by Crippen LogP contribution is -2.25. The van der Waals surface area contributed by atoms with E-state index in [1.54, 1.807) is 18.2 Å². The van der Waals surface area contributed by atoms with Gasteiger partial charge in [0.25, 0.3) is 5.91 Å². The molecule has 0 unspecified atom stereocenters. The minimum atomic E-state index is -0.117. The molecule has 3 rings (SSSR count). The van der Waals surface area contributed by atoms with Gasteiger partial charge in [0.15, 0.2) is 0 Å². The highest BCUT2D eigenvalue weighted by atomic mass is 35.5. The van der Waals surface area contributed by atoms with Crippen molar-refractivity contribution in [1.29, 1.82) is 0 Å². The van der Waals surface area contributed by atoms with Gasteiger partial charge in [-0.05, 0) is 42.3 Å². The standard InChI is InChI=1S/C15H13ClN4O/c16-12-4-1-10(2-5-12)7-8-17-15(21)11-3-6-13-14(9-11)19-20-18-13/h1-6,9H,7-8H2,(H,17,21)(H,18,19,20). The molecule has 0 aliphatic heterocycles. The summed E-state index contributed by atoms with van der Waals surface area (Å²) in [5.41, 5.74) is 3.20. The van der Waals surface area contributed by atoms with Crippen molar-refractivity contribution in [1.82, 2.24) is 20.7 Å². The Morgan fingerprint density at radius 2 is 2.00 bits per heavy atom. The molecule has 6 heteroatoms. The number of carbonyl (C=O) groups is 1. The van der Waals surface area contributed by atoms with Crippen LogP contribution in [0, 0.1) is 0 Å². The second-order valence-electron chi connectivity index (χ2n) is 4.68. The molecule has 0 aliphatic carbocycles. The lowest BCUT2D eigenvalue weighted by atomic mass is 10.1. The maximum Gasteiger partial charge on any atom is 0.251 e. The Bertz CT molecular complexity index is 767. The van der Waals surface area contributed by atoms with Crippen LogP contribution < -0.4 is 5.32 Å². The molecule has 0 fully saturated rings. The number of rotatable bonds is 4. The molecule has 2 aromatic carbocycles. The Morgan fingerprint density at radius 1 is 1.19 bits per heavy atom. The number of aromatic nitrogens is 3. The van der Waals surface area contributed by atoms with Gasteiger partial charge in [0.05, 0.1) is 5.52 Å². The average molecular weight is 301 g/mol. The van der Waals surface area contributed by atoms with Crippen LogP contribution in [0.3, 0.4) is 0 Å². The number of aromatic amines is 1. The van der Waals surface area contributed by atoms with Crippen molar-refractivity contribution in [2.75, 3.05) is 6.54 Å². The van der Waals surface area contributed by atoms with Gasteiger partial charge < -0.3 is 5.32 Å². The predicted molar refractivity (Wildman–Crippen MR) is 81.4 cm³/mol. The third-order valence-electron chi connectivity index (χ3n) is 3.20. The molecule has 21 heavy (non-hydrogen) atoms. The van der Waals surface area contributed by atoms with Crippen LogP contribution in [-0.4, -0.2) is 27.9 Å². The van der Waals surface area contributed by atoms with Gasteiger partial charge in [0, 0.05) is 17.1 Å². The lowest BCUT2D eigenvalue weighted by molar-refractivity contribution is 0.0954. The zero-order chi connectivity index (χ0) is 14.7. The molecule has 106 valence electrons. The number of benzene rings is 2. The van der Waals surface area contributed by atoms with Crippen molar-refractivity contribution in [2.45, 2.75) is 6.42 Å². The maximum atomic E-state index is 12.1. The Morgan fingerprint density at radius 3 is 2.81 bits per heavy atom. The highest BCUT2D eigenvalue weighted by Crippen LogP contribution is 2.11. The first-order valence-corrected chi connectivity index (χ1v) is 6.93. The van der Waals surface area contributed by atoms with Gasteiger partial charge in [0.1, 0.15) is 5.52 Å². The number of hydrogen-bond acceptors (Lipinski definition) is 3. The van der Waals surface area contributed by atoms with Crippen molar-refractivity contribution in [3.05, 3.63) is 58.6 Å². The first kappa shape index (κ1) is 13.6. The van der Waals surface area contributed by atoms with Gasteiger partial charge in [-0.1, -0.05) is 28.9 Å². The van der Waals surface area contributed by atoms with Crippen LogP contribution in [0.2, 0.25) is 5.02 Å². The summed E-state index contributed by atoms with van der Waals surface area (Å²) in [4.78, 5) is 12.1. The third kappa shape index (κ3) is 3.20. The van der Waals surface area contributed by atoms with Gasteiger partial charge >= 0.3 is 0 Å². The number of H-pyrrole nitrogens is 1. The van der Waals surface area contributed by atoms with E-state index in [9.17, 15) is 4.79 Å². The summed E-state index contributed by atoms with van der Waals surface area (Å²) in [7, 11) is 0. The Kier molecular flexibility index (Phi) is 3.83. The molecule has 0 spiro atoms. The van der Waals surface area contributed by atoms with Crippen LogP contribution >= 0.6 is 11.6 Å². The predicted octanol–water partition coefficient (Wildman–Crippen LogP) is 2.58. The smallest absolute Gasteiger partial charge is 0.251 e. The zero-order valence-electron chi connectivity index (χ0n) is 11.1. The van der Waals surface area contributed by atoms with Crippen LogP contribution in [0.4, 0.5) is 0 Å². The molecule has 3 aromatic rings. The number of nitrogens with zero attached hydrogens (tertiary/aromatic N) is 2. The topological polar surface area (TPSA) is 70.7 Å². The van der Waals surface area contributed by atoms with Crippen LogP contribution in [0.1, 0.15) is 15.9 Å². The van der Waals surface area contributed by atoms with Gasteiger partial charge in [-0.3, -0.25) is 9.89 Å². The molecular formula is C15H13ClN4O. The fraction of sp³-hybridized carbons (Fsp3) is 0.133. The summed E-state index contributed by atoms with van der Waals surface area (Å²) < 4.78 is 0. The highest BCUT2D eigenvalue weighted by molar-refractivity contribution is 6.30. The van der Waals surface area contributed by atoms with Crippen LogP contribution in [0.5, 0.6) is 0 Å². The van der Waals surface area contributed by atoms with Crippen LogP contribution in [-0.2, 0) is 6.42 Å². The molecule has 0 atom stereocenters. The monoisotopic (exact) mass is 300 g/mol. The van der Waals surface area contributed by atoms with E-state index in [0.29, 0.717) is 22.6 Å². The molecule has 1 aromatic heterocycles. The Labute approximate surface area is 126 Å². The molecule has 1 heterocycles. The van der Waals surface area contributed by atoms with Crippen molar-refractivity contribution in [3.8, 4) is 0 Å². The summed E-state index contributed by atoms with van der Waals surface area (Å²) >= 11 is 5.83. The average Bonchev–Trinajstić information content (AvgIpc) is 2.96. The Hall–Kier alpha value is -2.40. The molecule has 0 aliphatic rings. The van der Waals surface area contributed by atoms with E-state index in [1.165, 1.54) is 0 Å². The van der Waals surface area contributed by atoms with E-state index < -0.39 is 0 Å². The summed E-state index contributed by atoms with van der Waals surface area (Å²) in [6.07, 6.45) is 0.759. The van der Waals surface area contributed by atoms with E-state index in [-0.39, 0.29) is 5.91 Å². The van der Waals surface area contributed by atoms with E-state index in [2.05, 4.69) is 20.7 Å². The molecule has 1 amide bonds. The normalized spacial score (nSPS) is 10.7. The fourth-order valence-corrected chi connectivity index (χ4v) is 2.18. The molecular weight excluding hydrogens is 288 g/mol. The second kappa shape index (κ2) is 5.93. The first-order valence-electron chi connectivity index (χ1n) is 6.56. The van der Waals surface area contributed by atoms with E-state index in [0.717, 1.165) is 17.5 Å². The number of nitrogens with one attached hydrogen (secondary N) is 2. The first-order chi connectivity index (χ1) is 10.2. The van der Waals surface area contributed by atoms with Gasteiger partial charge in [-0.15, -0.1) is 5.10 Å². The lowest BCUT2D eigenvalue weighted by Gasteiger charge is -2.05. The number of fused-ring (bicyclic) bond motifs is 1. The van der Waals surface area contributed by atoms with E-state index >= 15 is 0 Å². The summed E-state index contributed by atoms with van der Waals surface area (Å²) in [5.74, 6) is -0.117. The van der Waals surface area contributed by atoms with Crippen molar-refractivity contribution >= 4 is 28.5 Å². The molecule has 0 saturated carbocycles. The minimum Gasteiger partial charge on any atom is -0.352 e. The van der Waals surface area contributed by atoms with Gasteiger partial charge in [-0.2, -0.15) is 0 Å². The number of hydrogen-bond donors (Lipinski definition) is 2. The Balaban J connectivity index is 1.59. The molecule has 0 radical (unpaired) electrons. The number of amides is 1. The third-order valence-corrected chi connectivity index (χ3v) is 3.45. The largest absolute Gasteiger partial charge is 0.352 e. The summed E-state index contributed by atoms with van der Waals surface area (Å²) in [5, 5.41) is 13.9. The van der Waals surface area contributed by atoms with E-state index in [1.807, 2.05) is 24.3 Å². The quantitative estimate of drug-likeness (QED) is 0.778. The van der Waals surface area contributed by atoms with E-state index in [4.69, 9.17) is 11.6 Å². The minimum absolute atomic E-state index is 0.117. The molecule has 5 nitrogen and oxygen atoms in total. The van der Waals surface area contributed by atoms with Crippen LogP contribution in [0.15, 0.2) is 42.5 Å². The van der Waals surface area contributed by atoms with Crippen molar-refractivity contribution in [3.63, 3.8) is 0 Å². The number of carbonyl (C=O) groups excluding carboxylic acids is 1. The summed E-state index contributed by atoms with van der Waals surface area (Å²) in [6.45, 7) is 0.567. The fourth-order valence-electron chi connectivity index (χ4n) is 2.06. The zero-order valence-corrected chi connectivity index (χ0v) is 11.9. The summed E-state index contributed by atoms with van der Waals surface area (Å²) in [6, 6.07) is 12.9. The second-order valence-corrected chi connectivity index (χ2v) is 5.11. The SMILES string of the molecule is O=C(NCCc1ccc(Cl)cc1)c1ccc2[nH]nnc2c1. The maximum absolute atomic E-state index is 12.1. The highest BCUT2D eigenvalue weighted by Gasteiger charge is 2.07. The van der Waals surface area contributed by atoms with Gasteiger partial charge in [-0.25, -0.2) is 0 Å². The van der Waals surface area contributed by atoms with Crippen LogP contribution in [0.25, 0.3) is 11.0 Å². The number of halogens is 1. The van der Waals surface area contributed by atoms with Crippen molar-refractivity contribution < 1.29 is 4.79 Å². The molecule has 0 saturated heterocycles.